The van der Waals surface area contributed by atoms with Crippen molar-refractivity contribution in [3.63, 3.8) is 0 Å². The topological polar surface area (TPSA) is 94.9 Å². The van der Waals surface area contributed by atoms with Crippen LogP contribution in [0.25, 0.3) is 0 Å². The number of rotatable bonds is 7. The highest BCUT2D eigenvalue weighted by Crippen LogP contribution is 2.37. The Balaban J connectivity index is 2.24. The van der Waals surface area contributed by atoms with Crippen molar-refractivity contribution in [2.24, 2.45) is 11.3 Å². The molecule has 0 spiro atoms. The molecule has 1 heterocycles. The Kier molecular flexibility index (Phi) is 6.29. The van der Waals surface area contributed by atoms with E-state index in [1.807, 2.05) is 26.0 Å². The molecule has 1 saturated heterocycles. The molecule has 26 heavy (non-hydrogen) atoms. The highest BCUT2D eigenvalue weighted by Gasteiger charge is 2.48. The molecule has 2 N–H and O–H groups in total. The maximum Gasteiger partial charge on any atom is 0.312 e. The molecular weight excluding hydrogens is 358 g/mol. The predicted molar refractivity (Wildman–Crippen MR) is 97.2 cm³/mol. The van der Waals surface area contributed by atoms with Crippen LogP contribution in [0.15, 0.2) is 24.3 Å². The van der Waals surface area contributed by atoms with Gasteiger partial charge >= 0.3 is 11.9 Å². The summed E-state index contributed by atoms with van der Waals surface area (Å²) in [4.78, 5) is 37.4. The number of likely N-dealkylation sites (tertiary alicyclic amines) is 1. The normalized spacial score (nSPS) is 21.0. The van der Waals surface area contributed by atoms with E-state index in [1.165, 1.54) is 4.90 Å². The first-order chi connectivity index (χ1) is 12.1. The van der Waals surface area contributed by atoms with Crippen molar-refractivity contribution in [1.29, 1.82) is 0 Å². The van der Waals surface area contributed by atoms with E-state index in [0.717, 1.165) is 5.56 Å². The lowest BCUT2D eigenvalue weighted by Gasteiger charge is -2.27. The average Bonchev–Trinajstić information content (AvgIpc) is 2.97. The lowest BCUT2D eigenvalue weighted by Crippen LogP contribution is -2.40. The number of aliphatic carboxylic acids is 2. The van der Waals surface area contributed by atoms with Gasteiger partial charge in [-0.2, -0.15) is 0 Å². The van der Waals surface area contributed by atoms with E-state index in [0.29, 0.717) is 11.4 Å². The second-order valence-electron chi connectivity index (χ2n) is 7.40. The minimum absolute atomic E-state index is 0.0738. The maximum absolute atomic E-state index is 13.1. The van der Waals surface area contributed by atoms with E-state index < -0.39 is 29.7 Å². The number of carboxylic acid groups (broad SMARTS) is 2. The smallest absolute Gasteiger partial charge is 0.312 e. The van der Waals surface area contributed by atoms with Crippen molar-refractivity contribution in [2.75, 3.05) is 13.1 Å². The lowest BCUT2D eigenvalue weighted by molar-refractivity contribution is -0.155. The summed E-state index contributed by atoms with van der Waals surface area (Å²) in [6.07, 6.45) is 0.285. The van der Waals surface area contributed by atoms with Crippen LogP contribution in [0.4, 0.5) is 0 Å². The van der Waals surface area contributed by atoms with E-state index >= 15 is 0 Å². The molecule has 0 aromatic heterocycles. The summed E-state index contributed by atoms with van der Waals surface area (Å²) >= 11 is 5.93. The minimum Gasteiger partial charge on any atom is -0.481 e. The number of halogens is 1. The number of nitrogens with zero attached hydrogens (tertiary/aromatic N) is 1. The first-order valence-corrected chi connectivity index (χ1v) is 9.02. The molecular formula is C19H24ClNO5. The van der Waals surface area contributed by atoms with Crippen LogP contribution in [-0.4, -0.2) is 46.0 Å². The number of carboxylic acids is 2. The molecule has 2 unspecified atom stereocenters. The third-order valence-corrected chi connectivity index (χ3v) is 5.14. The summed E-state index contributed by atoms with van der Waals surface area (Å²) in [6.45, 7) is 4.22. The Morgan fingerprint density at radius 1 is 1.19 bits per heavy atom. The van der Waals surface area contributed by atoms with Crippen LogP contribution in [0.5, 0.6) is 0 Å². The summed E-state index contributed by atoms with van der Waals surface area (Å²) in [5, 5.41) is 19.2. The van der Waals surface area contributed by atoms with E-state index in [-0.39, 0.29) is 31.3 Å². The van der Waals surface area contributed by atoms with E-state index in [1.54, 1.807) is 12.1 Å². The van der Waals surface area contributed by atoms with Crippen molar-refractivity contribution < 1.29 is 24.6 Å². The van der Waals surface area contributed by atoms with Crippen LogP contribution in [0.3, 0.4) is 0 Å². The number of carbonyl (C=O) groups is 3. The van der Waals surface area contributed by atoms with Gasteiger partial charge in [0, 0.05) is 18.1 Å². The molecule has 0 aliphatic carbocycles. The van der Waals surface area contributed by atoms with Gasteiger partial charge in [-0.15, -0.1) is 0 Å². The fourth-order valence-corrected chi connectivity index (χ4v) is 3.64. The van der Waals surface area contributed by atoms with Gasteiger partial charge in [0.25, 0.3) is 0 Å². The Morgan fingerprint density at radius 2 is 1.81 bits per heavy atom. The van der Waals surface area contributed by atoms with Crippen molar-refractivity contribution in [3.05, 3.63) is 34.9 Å². The van der Waals surface area contributed by atoms with Crippen LogP contribution in [-0.2, 0) is 14.4 Å². The number of carbonyl (C=O) groups excluding carboxylic acids is 1. The molecule has 1 amide bonds. The highest BCUT2D eigenvalue weighted by atomic mass is 35.5. The Morgan fingerprint density at radius 3 is 2.31 bits per heavy atom. The lowest BCUT2D eigenvalue weighted by atomic mass is 9.83. The van der Waals surface area contributed by atoms with Gasteiger partial charge in [-0.25, -0.2) is 0 Å². The predicted octanol–water partition coefficient (Wildman–Crippen LogP) is 3.25. The molecule has 1 aliphatic heterocycles. The summed E-state index contributed by atoms with van der Waals surface area (Å²) < 4.78 is 0. The quantitative estimate of drug-likeness (QED) is 0.755. The minimum atomic E-state index is -1.41. The Bertz CT molecular complexity index is 688. The molecule has 1 aromatic rings. The van der Waals surface area contributed by atoms with Crippen molar-refractivity contribution in [3.8, 4) is 0 Å². The van der Waals surface area contributed by atoms with Crippen LogP contribution in [0.2, 0.25) is 5.02 Å². The molecule has 0 radical (unpaired) electrons. The van der Waals surface area contributed by atoms with Crippen LogP contribution in [0, 0.1) is 11.3 Å². The van der Waals surface area contributed by atoms with Gasteiger partial charge in [0.1, 0.15) is 0 Å². The summed E-state index contributed by atoms with van der Waals surface area (Å²) in [5.41, 5.74) is -0.580. The highest BCUT2D eigenvalue weighted by molar-refractivity contribution is 6.30. The second-order valence-corrected chi connectivity index (χ2v) is 7.84. The van der Waals surface area contributed by atoms with Gasteiger partial charge in [-0.05, 0) is 36.5 Å². The number of benzene rings is 1. The third kappa shape index (κ3) is 4.55. The molecule has 0 saturated carbocycles. The molecule has 0 bridgehead atoms. The van der Waals surface area contributed by atoms with Crippen molar-refractivity contribution >= 4 is 29.4 Å². The third-order valence-electron chi connectivity index (χ3n) is 4.89. The fourth-order valence-electron chi connectivity index (χ4n) is 3.51. The summed E-state index contributed by atoms with van der Waals surface area (Å²) in [7, 11) is 0. The van der Waals surface area contributed by atoms with Gasteiger partial charge < -0.3 is 15.1 Å². The zero-order valence-corrected chi connectivity index (χ0v) is 15.7. The summed E-state index contributed by atoms with van der Waals surface area (Å²) in [6, 6.07) is 7.08. The fraction of sp³-hybridized carbons (Fsp3) is 0.526. The van der Waals surface area contributed by atoms with Gasteiger partial charge in [0.15, 0.2) is 0 Å². The molecule has 1 aliphatic rings. The number of hydrogen-bond acceptors (Lipinski definition) is 3. The van der Waals surface area contributed by atoms with Gasteiger partial charge in [-0.1, -0.05) is 37.6 Å². The van der Waals surface area contributed by atoms with Crippen LogP contribution < -0.4 is 0 Å². The molecule has 142 valence electrons. The number of hydrogen-bond donors (Lipinski definition) is 2. The molecule has 2 rings (SSSR count). The first kappa shape index (κ1) is 20.2. The summed E-state index contributed by atoms with van der Waals surface area (Å²) in [5.74, 6) is -2.62. The van der Waals surface area contributed by atoms with E-state index in [9.17, 15) is 19.5 Å². The average molecular weight is 382 g/mol. The Hall–Kier alpha value is -2.08. The van der Waals surface area contributed by atoms with Crippen molar-refractivity contribution in [1.82, 2.24) is 4.90 Å². The van der Waals surface area contributed by atoms with Crippen LogP contribution >= 0.6 is 11.6 Å². The standard InChI is InChI=1S/C19H24ClNO5/c1-12(2)9-15(13-3-5-14(20)6-4-13)17(24)21-8-7-19(11-21,18(25)26)10-16(22)23/h3-6,12,15H,7-11H2,1-2H3,(H,22,23)(H,25,26). The largest absolute Gasteiger partial charge is 0.481 e. The van der Waals surface area contributed by atoms with Gasteiger partial charge in [0.2, 0.25) is 5.91 Å². The zero-order chi connectivity index (χ0) is 19.5. The van der Waals surface area contributed by atoms with Crippen LogP contribution in [0.1, 0.15) is 44.6 Å². The van der Waals surface area contributed by atoms with Gasteiger partial charge in [-0.3, -0.25) is 14.4 Å². The molecule has 2 atom stereocenters. The van der Waals surface area contributed by atoms with E-state index in [2.05, 4.69) is 0 Å². The maximum atomic E-state index is 13.1. The molecule has 6 nitrogen and oxygen atoms in total. The SMILES string of the molecule is CC(C)CC(C(=O)N1CCC(CC(=O)O)(C(=O)O)C1)c1ccc(Cl)cc1. The molecule has 7 heteroatoms. The van der Waals surface area contributed by atoms with Crippen molar-refractivity contribution in [2.45, 2.75) is 39.0 Å². The van der Waals surface area contributed by atoms with E-state index in [4.69, 9.17) is 16.7 Å². The Labute approximate surface area is 157 Å². The molecule has 1 aromatic carbocycles. The second kappa shape index (κ2) is 8.08. The zero-order valence-electron chi connectivity index (χ0n) is 14.9. The number of amides is 1. The van der Waals surface area contributed by atoms with Gasteiger partial charge in [0.05, 0.1) is 17.8 Å². The monoisotopic (exact) mass is 381 g/mol. The molecule has 1 fully saturated rings. The first-order valence-electron chi connectivity index (χ1n) is 8.64.